The molecule has 1 N–H and O–H groups in total. The number of ether oxygens (including phenoxy) is 1. The van der Waals surface area contributed by atoms with Crippen molar-refractivity contribution in [3.63, 3.8) is 0 Å². The lowest BCUT2D eigenvalue weighted by Crippen LogP contribution is -2.64. The van der Waals surface area contributed by atoms with Crippen LogP contribution in [0, 0.1) is 6.92 Å². The molecule has 1 atom stereocenters. The minimum Gasteiger partial charge on any atom is -0.378 e. The topological polar surface area (TPSA) is 65.1 Å². The van der Waals surface area contributed by atoms with Crippen molar-refractivity contribution in [2.75, 3.05) is 63.9 Å². The van der Waals surface area contributed by atoms with Crippen molar-refractivity contribution >= 4 is 17.5 Å². The normalized spacial score (nSPS) is 24.2. The molecule has 3 heterocycles. The van der Waals surface area contributed by atoms with Gasteiger partial charge in [-0.05, 0) is 30.7 Å². The molecule has 2 amide bonds. The fraction of sp³-hybridized carbons (Fsp3) is 0.579. The quantitative estimate of drug-likeness (QED) is 0.812. The van der Waals surface area contributed by atoms with Gasteiger partial charge < -0.3 is 19.9 Å². The first kappa shape index (κ1) is 17.3. The molecule has 0 aromatic heterocycles. The second kappa shape index (κ2) is 7.25. The molecule has 0 saturated carbocycles. The second-order valence-electron chi connectivity index (χ2n) is 7.19. The van der Waals surface area contributed by atoms with Crippen LogP contribution in [0.1, 0.15) is 15.9 Å². The summed E-state index contributed by atoms with van der Waals surface area (Å²) in [6.07, 6.45) is 0. The van der Waals surface area contributed by atoms with E-state index in [0.29, 0.717) is 25.2 Å². The second-order valence-corrected chi connectivity index (χ2v) is 7.19. The maximum Gasteiger partial charge on any atom is 0.253 e. The highest BCUT2D eigenvalue weighted by Crippen LogP contribution is 2.24. The number of nitrogens with one attached hydrogen (secondary N) is 1. The summed E-state index contributed by atoms with van der Waals surface area (Å²) in [6.45, 7) is 8.77. The summed E-state index contributed by atoms with van der Waals surface area (Å²) in [5.41, 5.74) is 2.97. The first-order valence-corrected chi connectivity index (χ1v) is 9.38. The Balaban J connectivity index is 1.47. The molecule has 4 rings (SSSR count). The third-order valence-electron chi connectivity index (χ3n) is 5.57. The van der Waals surface area contributed by atoms with E-state index in [-0.39, 0.29) is 17.9 Å². The summed E-state index contributed by atoms with van der Waals surface area (Å²) in [7, 11) is 0. The third-order valence-corrected chi connectivity index (χ3v) is 5.57. The van der Waals surface area contributed by atoms with Gasteiger partial charge in [0.1, 0.15) is 6.04 Å². The van der Waals surface area contributed by atoms with Crippen LogP contribution in [0.3, 0.4) is 0 Å². The number of amides is 2. The SMILES string of the molecule is Cc1cc(C(=O)N2CCN3CCNC(=O)[C@@H]3C2)ccc1N1CCOCC1. The van der Waals surface area contributed by atoms with Crippen molar-refractivity contribution < 1.29 is 14.3 Å². The summed E-state index contributed by atoms with van der Waals surface area (Å²) in [6, 6.07) is 5.71. The van der Waals surface area contributed by atoms with Crippen LogP contribution in [-0.2, 0) is 9.53 Å². The van der Waals surface area contributed by atoms with Gasteiger partial charge in [0, 0.05) is 57.1 Å². The number of hydrogen-bond acceptors (Lipinski definition) is 5. The van der Waals surface area contributed by atoms with E-state index in [1.165, 1.54) is 5.69 Å². The largest absolute Gasteiger partial charge is 0.378 e. The smallest absolute Gasteiger partial charge is 0.253 e. The predicted molar refractivity (Wildman–Crippen MR) is 98.5 cm³/mol. The van der Waals surface area contributed by atoms with Gasteiger partial charge >= 0.3 is 0 Å². The molecule has 0 unspecified atom stereocenters. The average Bonchev–Trinajstić information content (AvgIpc) is 2.68. The molecule has 26 heavy (non-hydrogen) atoms. The number of carbonyl (C=O) groups is 2. The van der Waals surface area contributed by atoms with Crippen LogP contribution in [0.2, 0.25) is 0 Å². The fourth-order valence-electron chi connectivity index (χ4n) is 4.09. The van der Waals surface area contributed by atoms with Crippen LogP contribution in [0.5, 0.6) is 0 Å². The zero-order chi connectivity index (χ0) is 18.1. The van der Waals surface area contributed by atoms with E-state index in [9.17, 15) is 9.59 Å². The van der Waals surface area contributed by atoms with Crippen LogP contribution in [-0.4, -0.2) is 86.7 Å². The molecule has 0 spiro atoms. The van der Waals surface area contributed by atoms with Gasteiger partial charge in [0.15, 0.2) is 0 Å². The summed E-state index contributed by atoms with van der Waals surface area (Å²) in [5, 5.41) is 2.90. The molecule has 7 nitrogen and oxygen atoms in total. The van der Waals surface area contributed by atoms with E-state index in [1.54, 1.807) is 0 Å². The Labute approximate surface area is 153 Å². The number of morpholine rings is 1. The van der Waals surface area contributed by atoms with Crippen molar-refractivity contribution in [3.05, 3.63) is 29.3 Å². The number of anilines is 1. The molecule has 3 aliphatic heterocycles. The van der Waals surface area contributed by atoms with Crippen LogP contribution in [0.4, 0.5) is 5.69 Å². The molecule has 0 aliphatic carbocycles. The van der Waals surface area contributed by atoms with E-state index in [0.717, 1.165) is 45.0 Å². The van der Waals surface area contributed by atoms with Crippen molar-refractivity contribution in [3.8, 4) is 0 Å². The van der Waals surface area contributed by atoms with E-state index in [2.05, 4.69) is 15.1 Å². The Morgan fingerprint density at radius 3 is 2.73 bits per heavy atom. The number of benzene rings is 1. The Bertz CT molecular complexity index is 702. The van der Waals surface area contributed by atoms with Gasteiger partial charge in [-0.25, -0.2) is 0 Å². The minimum absolute atomic E-state index is 0.0136. The first-order valence-electron chi connectivity index (χ1n) is 9.38. The van der Waals surface area contributed by atoms with Crippen molar-refractivity contribution in [2.24, 2.45) is 0 Å². The molecule has 1 aromatic carbocycles. The summed E-state index contributed by atoms with van der Waals surface area (Å²) in [5.74, 6) is 0.0484. The number of nitrogens with zero attached hydrogens (tertiary/aromatic N) is 3. The number of piperazine rings is 2. The minimum atomic E-state index is -0.213. The van der Waals surface area contributed by atoms with E-state index < -0.39 is 0 Å². The first-order chi connectivity index (χ1) is 12.6. The summed E-state index contributed by atoms with van der Waals surface area (Å²) < 4.78 is 5.42. The number of fused-ring (bicyclic) bond motifs is 1. The number of aryl methyl sites for hydroxylation is 1. The molecule has 3 aliphatic rings. The third kappa shape index (κ3) is 3.29. The van der Waals surface area contributed by atoms with Crippen LogP contribution >= 0.6 is 0 Å². The highest BCUT2D eigenvalue weighted by molar-refractivity contribution is 5.95. The van der Waals surface area contributed by atoms with Gasteiger partial charge in [-0.1, -0.05) is 0 Å². The van der Waals surface area contributed by atoms with Gasteiger partial charge in [-0.3, -0.25) is 14.5 Å². The Hall–Kier alpha value is -2.12. The summed E-state index contributed by atoms with van der Waals surface area (Å²) >= 11 is 0. The predicted octanol–water partition coefficient (Wildman–Crippen LogP) is 0.0878. The van der Waals surface area contributed by atoms with E-state index in [4.69, 9.17) is 4.74 Å². The van der Waals surface area contributed by atoms with Crippen LogP contribution in [0.15, 0.2) is 18.2 Å². The standard InChI is InChI=1S/C19H26N4O3/c1-14-12-15(2-3-16(14)22-8-10-26-11-9-22)19(25)23-7-6-21-5-4-20-18(24)17(21)13-23/h2-3,12,17H,4-11,13H2,1H3,(H,20,24)/t17-/m0/s1. The van der Waals surface area contributed by atoms with Crippen molar-refractivity contribution in [1.29, 1.82) is 0 Å². The van der Waals surface area contributed by atoms with Gasteiger partial charge in [0.2, 0.25) is 5.91 Å². The van der Waals surface area contributed by atoms with E-state index >= 15 is 0 Å². The van der Waals surface area contributed by atoms with Crippen molar-refractivity contribution in [1.82, 2.24) is 15.1 Å². The average molecular weight is 358 g/mol. The van der Waals surface area contributed by atoms with Gasteiger partial charge in [-0.15, -0.1) is 0 Å². The molecular weight excluding hydrogens is 332 g/mol. The number of rotatable bonds is 2. The monoisotopic (exact) mass is 358 g/mol. The molecule has 3 saturated heterocycles. The Morgan fingerprint density at radius 1 is 1.15 bits per heavy atom. The molecule has 140 valence electrons. The highest BCUT2D eigenvalue weighted by atomic mass is 16.5. The van der Waals surface area contributed by atoms with Gasteiger partial charge in [-0.2, -0.15) is 0 Å². The van der Waals surface area contributed by atoms with Gasteiger partial charge in [0.25, 0.3) is 5.91 Å². The Morgan fingerprint density at radius 2 is 1.96 bits per heavy atom. The zero-order valence-corrected chi connectivity index (χ0v) is 15.2. The lowest BCUT2D eigenvalue weighted by molar-refractivity contribution is -0.131. The number of carbonyl (C=O) groups excluding carboxylic acids is 2. The maximum absolute atomic E-state index is 13.0. The van der Waals surface area contributed by atoms with Crippen molar-refractivity contribution in [2.45, 2.75) is 13.0 Å². The molecular formula is C19H26N4O3. The summed E-state index contributed by atoms with van der Waals surface area (Å²) in [4.78, 5) is 31.4. The maximum atomic E-state index is 13.0. The lowest BCUT2D eigenvalue weighted by atomic mass is 10.0. The van der Waals surface area contributed by atoms with Gasteiger partial charge in [0.05, 0.1) is 13.2 Å². The molecule has 0 bridgehead atoms. The molecule has 3 fully saturated rings. The van der Waals surface area contributed by atoms with Crippen LogP contribution in [0.25, 0.3) is 0 Å². The lowest BCUT2D eigenvalue weighted by Gasteiger charge is -2.43. The Kier molecular flexibility index (Phi) is 4.82. The zero-order valence-electron chi connectivity index (χ0n) is 15.2. The molecule has 1 aromatic rings. The number of hydrogen-bond donors (Lipinski definition) is 1. The highest BCUT2D eigenvalue weighted by Gasteiger charge is 2.36. The van der Waals surface area contributed by atoms with Crippen LogP contribution < -0.4 is 10.2 Å². The fourth-order valence-corrected chi connectivity index (χ4v) is 4.09. The van der Waals surface area contributed by atoms with E-state index in [1.807, 2.05) is 30.0 Å². The molecule has 7 heteroatoms. The molecule has 0 radical (unpaired) electrons.